The molecule has 0 radical (unpaired) electrons. The maximum atomic E-state index is 5.41. The van der Waals surface area contributed by atoms with E-state index in [1.807, 2.05) is 36.4 Å². The third-order valence-corrected chi connectivity index (χ3v) is 4.85. The molecule has 2 N–H and O–H groups in total. The van der Waals surface area contributed by atoms with E-state index in [-0.39, 0.29) is 0 Å². The zero-order chi connectivity index (χ0) is 23.9. The molecule has 0 aliphatic heterocycles. The van der Waals surface area contributed by atoms with Crippen LogP contribution in [0.15, 0.2) is 61.1 Å². The molecular weight excluding hydrogens is 436 g/mol. The van der Waals surface area contributed by atoms with Gasteiger partial charge in [0.2, 0.25) is 11.7 Å². The first-order valence-electron chi connectivity index (χ1n) is 10.3. The summed E-state index contributed by atoms with van der Waals surface area (Å²) in [5, 5.41) is 6.42. The van der Waals surface area contributed by atoms with Crippen LogP contribution in [0.4, 0.5) is 23.1 Å². The smallest absolute Gasteiger partial charge is 0.230 e. The van der Waals surface area contributed by atoms with Crippen LogP contribution in [0.2, 0.25) is 0 Å². The highest BCUT2D eigenvalue weighted by Gasteiger charge is 2.14. The van der Waals surface area contributed by atoms with Gasteiger partial charge in [0.05, 0.1) is 28.4 Å². The van der Waals surface area contributed by atoms with Crippen LogP contribution < -0.4 is 29.6 Å². The van der Waals surface area contributed by atoms with Crippen molar-refractivity contribution in [1.29, 1.82) is 0 Å². The van der Waals surface area contributed by atoms with E-state index in [4.69, 9.17) is 18.9 Å². The van der Waals surface area contributed by atoms with E-state index >= 15 is 0 Å². The third-order valence-electron chi connectivity index (χ3n) is 4.85. The minimum atomic E-state index is 0.360. The first-order valence-corrected chi connectivity index (χ1v) is 10.3. The highest BCUT2D eigenvalue weighted by molar-refractivity contribution is 5.68. The van der Waals surface area contributed by atoms with Crippen LogP contribution in [0.1, 0.15) is 0 Å². The maximum Gasteiger partial charge on any atom is 0.230 e. The average molecular weight is 460 g/mol. The predicted octanol–water partition coefficient (Wildman–Crippen LogP) is 4.46. The van der Waals surface area contributed by atoms with Crippen molar-refractivity contribution in [3.05, 3.63) is 61.1 Å². The van der Waals surface area contributed by atoms with E-state index in [2.05, 4.69) is 30.6 Å². The fraction of sp³-hybridized carbons (Fsp3) is 0.167. The van der Waals surface area contributed by atoms with Crippen molar-refractivity contribution < 1.29 is 18.9 Å². The van der Waals surface area contributed by atoms with Gasteiger partial charge >= 0.3 is 0 Å². The number of methoxy groups -OCH3 is 4. The van der Waals surface area contributed by atoms with Crippen LogP contribution in [0.3, 0.4) is 0 Å². The summed E-state index contributed by atoms with van der Waals surface area (Å²) in [6.07, 6.45) is 3.13. The van der Waals surface area contributed by atoms with Crippen LogP contribution >= 0.6 is 0 Å². The fourth-order valence-corrected chi connectivity index (χ4v) is 3.26. The minimum absolute atomic E-state index is 0.360. The molecule has 0 amide bonds. The van der Waals surface area contributed by atoms with Gasteiger partial charge in [0.15, 0.2) is 17.3 Å². The molecule has 174 valence electrons. The number of nitrogens with zero attached hydrogens (tertiary/aromatic N) is 4. The molecule has 0 spiro atoms. The number of hydrogen-bond donors (Lipinski definition) is 2. The number of aromatic nitrogens is 4. The molecule has 10 nitrogen and oxygen atoms in total. The summed E-state index contributed by atoms with van der Waals surface area (Å²) in [6.45, 7) is 0. The molecule has 0 saturated carbocycles. The highest BCUT2D eigenvalue weighted by Crippen LogP contribution is 2.40. The first kappa shape index (κ1) is 22.6. The molecule has 2 aromatic carbocycles. The summed E-state index contributed by atoms with van der Waals surface area (Å²) in [6, 6.07) is 14.8. The summed E-state index contributed by atoms with van der Waals surface area (Å²) >= 11 is 0. The van der Waals surface area contributed by atoms with Gasteiger partial charge in [0, 0.05) is 41.3 Å². The lowest BCUT2D eigenvalue weighted by molar-refractivity contribution is 0.324. The van der Waals surface area contributed by atoms with E-state index in [1.165, 1.54) is 6.33 Å². The number of nitrogens with one attached hydrogen (secondary N) is 2. The molecule has 0 saturated heterocycles. The molecule has 2 aromatic heterocycles. The Hall–Kier alpha value is -4.60. The van der Waals surface area contributed by atoms with Crippen molar-refractivity contribution in [2.75, 3.05) is 39.1 Å². The Labute approximate surface area is 196 Å². The molecular formula is C24H24N6O4. The lowest BCUT2D eigenvalue weighted by atomic mass is 10.2. The van der Waals surface area contributed by atoms with Crippen molar-refractivity contribution in [3.63, 3.8) is 0 Å². The molecule has 4 aromatic rings. The Morgan fingerprint density at radius 1 is 0.706 bits per heavy atom. The van der Waals surface area contributed by atoms with Gasteiger partial charge in [-0.2, -0.15) is 4.98 Å². The molecule has 4 rings (SSSR count). The lowest BCUT2D eigenvalue weighted by Crippen LogP contribution is -2.02. The molecule has 0 unspecified atom stereocenters. The summed E-state index contributed by atoms with van der Waals surface area (Å²) in [5.41, 5.74) is 2.29. The average Bonchev–Trinajstić information content (AvgIpc) is 2.88. The molecule has 0 aliphatic carbocycles. The fourth-order valence-electron chi connectivity index (χ4n) is 3.26. The molecule has 0 atom stereocenters. The number of anilines is 4. The molecule has 10 heteroatoms. The van der Waals surface area contributed by atoms with Crippen molar-refractivity contribution in [2.24, 2.45) is 0 Å². The number of rotatable bonds is 9. The second-order valence-corrected chi connectivity index (χ2v) is 6.96. The number of hydrogen-bond acceptors (Lipinski definition) is 10. The topological polar surface area (TPSA) is 113 Å². The normalized spacial score (nSPS) is 10.4. The van der Waals surface area contributed by atoms with Gasteiger partial charge in [-0.15, -0.1) is 0 Å². The number of ether oxygens (including phenoxy) is 4. The van der Waals surface area contributed by atoms with Crippen LogP contribution in [0.25, 0.3) is 11.4 Å². The SMILES string of the molecule is COc1cccc(Nc2cc(-c3ncnc(Nc4cc(OC)c(OC)c(OC)c4)n3)ccn2)c1. The Bertz CT molecular complexity index is 1260. The Kier molecular flexibility index (Phi) is 6.87. The van der Waals surface area contributed by atoms with Crippen molar-refractivity contribution in [3.8, 4) is 34.4 Å². The zero-order valence-corrected chi connectivity index (χ0v) is 19.2. The molecule has 0 aliphatic rings. The summed E-state index contributed by atoms with van der Waals surface area (Å²) in [5.74, 6) is 3.77. The summed E-state index contributed by atoms with van der Waals surface area (Å²) in [7, 11) is 6.30. The second-order valence-electron chi connectivity index (χ2n) is 6.96. The van der Waals surface area contributed by atoms with Gasteiger partial charge in [-0.05, 0) is 24.3 Å². The molecule has 2 heterocycles. The van der Waals surface area contributed by atoms with Crippen LogP contribution in [-0.4, -0.2) is 48.4 Å². The van der Waals surface area contributed by atoms with E-state index in [1.54, 1.807) is 46.8 Å². The van der Waals surface area contributed by atoms with Crippen molar-refractivity contribution >= 4 is 23.1 Å². The maximum absolute atomic E-state index is 5.41. The Morgan fingerprint density at radius 2 is 1.50 bits per heavy atom. The van der Waals surface area contributed by atoms with Crippen molar-refractivity contribution in [1.82, 2.24) is 19.9 Å². The van der Waals surface area contributed by atoms with E-state index in [0.717, 1.165) is 17.0 Å². The van der Waals surface area contributed by atoms with E-state index in [0.29, 0.717) is 40.5 Å². The summed E-state index contributed by atoms with van der Waals surface area (Å²) < 4.78 is 21.5. The van der Waals surface area contributed by atoms with Gasteiger partial charge in [-0.25, -0.2) is 15.0 Å². The van der Waals surface area contributed by atoms with Crippen molar-refractivity contribution in [2.45, 2.75) is 0 Å². The summed E-state index contributed by atoms with van der Waals surface area (Å²) in [4.78, 5) is 17.5. The van der Waals surface area contributed by atoms with Crippen LogP contribution in [0.5, 0.6) is 23.0 Å². The van der Waals surface area contributed by atoms with E-state index in [9.17, 15) is 0 Å². The van der Waals surface area contributed by atoms with Gasteiger partial charge in [-0.1, -0.05) is 6.07 Å². The largest absolute Gasteiger partial charge is 0.497 e. The molecule has 34 heavy (non-hydrogen) atoms. The number of benzene rings is 2. The van der Waals surface area contributed by atoms with Gasteiger partial charge in [-0.3, -0.25) is 0 Å². The minimum Gasteiger partial charge on any atom is -0.497 e. The predicted molar refractivity (Wildman–Crippen MR) is 129 cm³/mol. The molecule has 0 bridgehead atoms. The highest BCUT2D eigenvalue weighted by atomic mass is 16.5. The van der Waals surface area contributed by atoms with Gasteiger partial charge < -0.3 is 29.6 Å². The zero-order valence-electron chi connectivity index (χ0n) is 19.2. The molecule has 0 fully saturated rings. The lowest BCUT2D eigenvalue weighted by Gasteiger charge is -2.14. The Balaban J connectivity index is 1.58. The van der Waals surface area contributed by atoms with Crippen LogP contribution in [-0.2, 0) is 0 Å². The van der Waals surface area contributed by atoms with E-state index < -0.39 is 0 Å². The monoisotopic (exact) mass is 460 g/mol. The van der Waals surface area contributed by atoms with Gasteiger partial charge in [0.25, 0.3) is 0 Å². The third kappa shape index (κ3) is 5.07. The quantitative estimate of drug-likeness (QED) is 0.371. The second kappa shape index (κ2) is 10.3. The van der Waals surface area contributed by atoms with Crippen LogP contribution in [0, 0.1) is 0 Å². The number of pyridine rings is 1. The standard InChI is InChI=1S/C24H24N6O4/c1-31-18-7-5-6-16(11-18)28-21-10-15(8-9-25-21)23-26-14-27-24(30-23)29-17-12-19(32-2)22(34-4)20(13-17)33-3/h5-14H,1-4H3,(H,25,28)(H,26,27,29,30). The first-order chi connectivity index (χ1) is 16.6. The Morgan fingerprint density at radius 3 is 2.21 bits per heavy atom. The van der Waals surface area contributed by atoms with Gasteiger partial charge in [0.1, 0.15) is 17.9 Å².